The van der Waals surface area contributed by atoms with Crippen LogP contribution in [0.2, 0.25) is 0 Å². The molecule has 1 heterocycles. The molecule has 1 aromatic rings. The standard InChI is InChI=1S/C13H20N2O/c1-15(12-7-3-2-4-8-12)13-9-5-6-11(10-16)14-13/h5-6,9,12,16H,2-4,7-8,10H2,1H3. The molecule has 3 nitrogen and oxygen atoms in total. The number of aromatic nitrogens is 1. The first-order valence-electron chi connectivity index (χ1n) is 6.11. The van der Waals surface area contributed by atoms with E-state index < -0.39 is 0 Å². The summed E-state index contributed by atoms with van der Waals surface area (Å²) in [7, 11) is 2.11. The molecule has 1 fully saturated rings. The molecule has 0 saturated heterocycles. The second-order valence-corrected chi connectivity index (χ2v) is 4.55. The highest BCUT2D eigenvalue weighted by molar-refractivity contribution is 5.39. The zero-order valence-corrected chi connectivity index (χ0v) is 9.89. The van der Waals surface area contributed by atoms with Crippen molar-refractivity contribution in [1.29, 1.82) is 0 Å². The minimum atomic E-state index is 0.0202. The molecule has 1 aliphatic rings. The molecule has 16 heavy (non-hydrogen) atoms. The fourth-order valence-electron chi connectivity index (χ4n) is 2.41. The molecule has 1 aromatic heterocycles. The Morgan fingerprint density at radius 1 is 1.31 bits per heavy atom. The first-order valence-corrected chi connectivity index (χ1v) is 6.11. The van der Waals surface area contributed by atoms with Crippen molar-refractivity contribution in [3.8, 4) is 0 Å². The maximum absolute atomic E-state index is 9.07. The van der Waals surface area contributed by atoms with Gasteiger partial charge in [-0.3, -0.25) is 0 Å². The second-order valence-electron chi connectivity index (χ2n) is 4.55. The minimum Gasteiger partial charge on any atom is -0.390 e. The van der Waals surface area contributed by atoms with Crippen LogP contribution in [0.5, 0.6) is 0 Å². The van der Waals surface area contributed by atoms with Crippen LogP contribution in [0.4, 0.5) is 5.82 Å². The van der Waals surface area contributed by atoms with Crippen molar-refractivity contribution in [2.24, 2.45) is 0 Å². The Balaban J connectivity index is 2.09. The normalized spacial score (nSPS) is 17.4. The van der Waals surface area contributed by atoms with Gasteiger partial charge in [-0.1, -0.05) is 25.3 Å². The van der Waals surface area contributed by atoms with Gasteiger partial charge in [-0.15, -0.1) is 0 Å². The van der Waals surface area contributed by atoms with Gasteiger partial charge in [-0.25, -0.2) is 4.98 Å². The van der Waals surface area contributed by atoms with Gasteiger partial charge in [0.25, 0.3) is 0 Å². The van der Waals surface area contributed by atoms with Crippen LogP contribution in [-0.4, -0.2) is 23.2 Å². The molecule has 0 aromatic carbocycles. The zero-order chi connectivity index (χ0) is 11.4. The quantitative estimate of drug-likeness (QED) is 0.849. The van der Waals surface area contributed by atoms with Gasteiger partial charge in [-0.05, 0) is 25.0 Å². The van der Waals surface area contributed by atoms with E-state index in [1.807, 2.05) is 18.2 Å². The van der Waals surface area contributed by atoms with E-state index in [1.54, 1.807) is 0 Å². The lowest BCUT2D eigenvalue weighted by atomic mass is 9.94. The molecule has 1 aliphatic carbocycles. The van der Waals surface area contributed by atoms with Crippen LogP contribution in [0.3, 0.4) is 0 Å². The van der Waals surface area contributed by atoms with E-state index in [4.69, 9.17) is 5.11 Å². The van der Waals surface area contributed by atoms with Crippen LogP contribution in [0.15, 0.2) is 18.2 Å². The highest BCUT2D eigenvalue weighted by atomic mass is 16.3. The Morgan fingerprint density at radius 3 is 2.75 bits per heavy atom. The van der Waals surface area contributed by atoms with Gasteiger partial charge < -0.3 is 10.0 Å². The molecule has 0 aliphatic heterocycles. The van der Waals surface area contributed by atoms with Crippen molar-refractivity contribution in [3.63, 3.8) is 0 Å². The van der Waals surface area contributed by atoms with E-state index in [1.165, 1.54) is 32.1 Å². The maximum atomic E-state index is 9.07. The van der Waals surface area contributed by atoms with Gasteiger partial charge >= 0.3 is 0 Å². The summed E-state index contributed by atoms with van der Waals surface area (Å²) in [5.74, 6) is 0.985. The van der Waals surface area contributed by atoms with Gasteiger partial charge in [0.05, 0.1) is 12.3 Å². The van der Waals surface area contributed by atoms with Gasteiger partial charge in [0.2, 0.25) is 0 Å². The molecule has 0 amide bonds. The van der Waals surface area contributed by atoms with Crippen LogP contribution >= 0.6 is 0 Å². The molecular weight excluding hydrogens is 200 g/mol. The van der Waals surface area contributed by atoms with E-state index in [0.29, 0.717) is 6.04 Å². The van der Waals surface area contributed by atoms with Crippen molar-refractivity contribution in [1.82, 2.24) is 4.98 Å². The largest absolute Gasteiger partial charge is 0.390 e. The summed E-state index contributed by atoms with van der Waals surface area (Å²) in [5, 5.41) is 9.07. The third-order valence-electron chi connectivity index (χ3n) is 3.44. The van der Waals surface area contributed by atoms with Crippen LogP contribution in [0, 0.1) is 0 Å². The third-order valence-corrected chi connectivity index (χ3v) is 3.44. The van der Waals surface area contributed by atoms with Crippen molar-refractivity contribution in [3.05, 3.63) is 23.9 Å². The highest BCUT2D eigenvalue weighted by Crippen LogP contribution is 2.24. The lowest BCUT2D eigenvalue weighted by Crippen LogP contribution is -2.33. The number of pyridine rings is 1. The monoisotopic (exact) mass is 220 g/mol. The molecule has 2 rings (SSSR count). The number of hydrogen-bond donors (Lipinski definition) is 1. The fourth-order valence-corrected chi connectivity index (χ4v) is 2.41. The number of aliphatic hydroxyl groups is 1. The first kappa shape index (κ1) is 11.4. The van der Waals surface area contributed by atoms with Crippen molar-refractivity contribution < 1.29 is 5.11 Å². The summed E-state index contributed by atoms with van der Waals surface area (Å²) < 4.78 is 0. The number of aliphatic hydroxyl groups excluding tert-OH is 1. The molecule has 0 atom stereocenters. The predicted molar refractivity (Wildman–Crippen MR) is 65.4 cm³/mol. The second kappa shape index (κ2) is 5.30. The predicted octanol–water partition coefficient (Wildman–Crippen LogP) is 2.34. The molecular formula is C13H20N2O. The number of nitrogens with zero attached hydrogens (tertiary/aromatic N) is 2. The Morgan fingerprint density at radius 2 is 2.06 bits per heavy atom. The Labute approximate surface area is 97.1 Å². The number of anilines is 1. The minimum absolute atomic E-state index is 0.0202. The van der Waals surface area contributed by atoms with Crippen LogP contribution in [-0.2, 0) is 6.61 Å². The van der Waals surface area contributed by atoms with Gasteiger partial charge in [0, 0.05) is 13.1 Å². The van der Waals surface area contributed by atoms with Crippen LogP contribution in [0.1, 0.15) is 37.8 Å². The van der Waals surface area contributed by atoms with Gasteiger partial charge in [-0.2, -0.15) is 0 Å². The molecule has 1 saturated carbocycles. The maximum Gasteiger partial charge on any atom is 0.128 e. The molecule has 3 heteroatoms. The highest BCUT2D eigenvalue weighted by Gasteiger charge is 2.18. The molecule has 0 bridgehead atoms. The molecule has 1 N–H and O–H groups in total. The van der Waals surface area contributed by atoms with E-state index in [2.05, 4.69) is 16.9 Å². The van der Waals surface area contributed by atoms with Crippen molar-refractivity contribution in [2.45, 2.75) is 44.8 Å². The summed E-state index contributed by atoms with van der Waals surface area (Å²) in [6.45, 7) is 0.0202. The van der Waals surface area contributed by atoms with E-state index in [0.717, 1.165) is 11.5 Å². The van der Waals surface area contributed by atoms with E-state index >= 15 is 0 Å². The average Bonchev–Trinajstić information content (AvgIpc) is 2.39. The fraction of sp³-hybridized carbons (Fsp3) is 0.615. The first-order chi connectivity index (χ1) is 7.81. The molecule has 0 radical (unpaired) electrons. The topological polar surface area (TPSA) is 36.4 Å². The Kier molecular flexibility index (Phi) is 3.78. The Hall–Kier alpha value is -1.09. The molecule has 0 unspecified atom stereocenters. The summed E-state index contributed by atoms with van der Waals surface area (Å²) >= 11 is 0. The summed E-state index contributed by atoms with van der Waals surface area (Å²) in [5.41, 5.74) is 0.750. The molecule has 88 valence electrons. The van der Waals surface area contributed by atoms with Crippen molar-refractivity contribution >= 4 is 5.82 Å². The van der Waals surface area contributed by atoms with Crippen LogP contribution < -0.4 is 4.90 Å². The smallest absolute Gasteiger partial charge is 0.128 e. The molecule has 0 spiro atoms. The summed E-state index contributed by atoms with van der Waals surface area (Å²) in [6.07, 6.45) is 6.56. The lowest BCUT2D eigenvalue weighted by Gasteiger charge is -2.32. The zero-order valence-electron chi connectivity index (χ0n) is 9.89. The third kappa shape index (κ3) is 2.53. The van der Waals surface area contributed by atoms with E-state index in [9.17, 15) is 0 Å². The average molecular weight is 220 g/mol. The summed E-state index contributed by atoms with van der Waals surface area (Å²) in [6, 6.07) is 6.47. The number of hydrogen-bond acceptors (Lipinski definition) is 3. The van der Waals surface area contributed by atoms with E-state index in [-0.39, 0.29) is 6.61 Å². The van der Waals surface area contributed by atoms with Crippen LogP contribution in [0.25, 0.3) is 0 Å². The SMILES string of the molecule is CN(c1cccc(CO)n1)C1CCCCC1. The van der Waals surface area contributed by atoms with Gasteiger partial charge in [0.1, 0.15) is 5.82 Å². The van der Waals surface area contributed by atoms with Gasteiger partial charge in [0.15, 0.2) is 0 Å². The number of rotatable bonds is 3. The Bertz CT molecular complexity index is 334. The summed E-state index contributed by atoms with van der Waals surface area (Å²) in [4.78, 5) is 6.70. The van der Waals surface area contributed by atoms with Crippen molar-refractivity contribution in [2.75, 3.05) is 11.9 Å². The lowest BCUT2D eigenvalue weighted by molar-refractivity contribution is 0.277.